The van der Waals surface area contributed by atoms with Gasteiger partial charge < -0.3 is 19.8 Å². The highest BCUT2D eigenvalue weighted by molar-refractivity contribution is 7.98. The predicted octanol–water partition coefficient (Wildman–Crippen LogP) is 3.37. The van der Waals surface area contributed by atoms with Crippen LogP contribution in [-0.4, -0.2) is 63.8 Å². The molecule has 1 aliphatic rings. The van der Waals surface area contributed by atoms with Gasteiger partial charge in [-0.15, -0.1) is 11.8 Å². The Labute approximate surface area is 208 Å². The Morgan fingerprint density at radius 3 is 2.20 bits per heavy atom. The van der Waals surface area contributed by atoms with Crippen LogP contribution in [0.2, 0.25) is 0 Å². The van der Waals surface area contributed by atoms with Crippen molar-refractivity contribution in [1.82, 2.24) is 4.98 Å². The number of carboxylic acids is 2. The number of Topliss-reactive ketones (excluding diaryl/α,β-unsaturated/α-hetero) is 1. The third-order valence-corrected chi connectivity index (χ3v) is 6.50. The molecule has 1 fully saturated rings. The molecule has 2 rings (SSSR count). The minimum Gasteiger partial charge on any atom is -0.480 e. The summed E-state index contributed by atoms with van der Waals surface area (Å²) in [6, 6.07) is 3.22. The smallest absolute Gasteiger partial charge is 0.329 e. The van der Waals surface area contributed by atoms with Gasteiger partial charge >= 0.3 is 17.9 Å². The van der Waals surface area contributed by atoms with Crippen molar-refractivity contribution in [2.45, 2.75) is 64.0 Å². The van der Waals surface area contributed by atoms with Crippen LogP contribution in [0.4, 0.5) is 5.82 Å². The number of carboxylic acid groups (broad SMARTS) is 2. The number of esters is 1. The standard InChI is InChI=1S/C24H31N3O7S/c1-6-9-24(21(30)31,22(32)33)17(28)16-12-15(13-25)18(26-19(16)35-5)27-10-7-14(8-11-27)20(29)34-23(2,3)4/h12,14H,6-11H2,1-5H3,(H,30,31)(H,32,33). The van der Waals surface area contributed by atoms with Crippen molar-refractivity contribution in [3.05, 3.63) is 17.2 Å². The number of nitriles is 1. The molecule has 0 unspecified atom stereocenters. The van der Waals surface area contributed by atoms with E-state index in [9.17, 15) is 34.7 Å². The molecule has 11 heteroatoms. The van der Waals surface area contributed by atoms with Crippen LogP contribution >= 0.6 is 11.8 Å². The highest BCUT2D eigenvalue weighted by atomic mass is 32.2. The van der Waals surface area contributed by atoms with Crippen molar-refractivity contribution < 1.29 is 34.1 Å². The number of anilines is 1. The number of piperidine rings is 1. The summed E-state index contributed by atoms with van der Waals surface area (Å²) in [6.07, 6.45) is 2.38. The number of thioether (sulfide) groups is 1. The van der Waals surface area contributed by atoms with E-state index >= 15 is 0 Å². The first-order valence-corrected chi connectivity index (χ1v) is 12.5. The molecular weight excluding hydrogens is 474 g/mol. The topological polar surface area (TPSA) is 158 Å². The van der Waals surface area contributed by atoms with E-state index in [1.165, 1.54) is 6.07 Å². The highest BCUT2D eigenvalue weighted by Gasteiger charge is 2.54. The lowest BCUT2D eigenvalue weighted by Gasteiger charge is -2.34. The van der Waals surface area contributed by atoms with E-state index in [2.05, 4.69) is 4.98 Å². The molecule has 0 amide bonds. The Balaban J connectivity index is 2.42. The molecular formula is C24H31N3O7S. The van der Waals surface area contributed by atoms with Crippen LogP contribution in [0.25, 0.3) is 0 Å². The van der Waals surface area contributed by atoms with Gasteiger partial charge in [0, 0.05) is 13.1 Å². The number of aliphatic carboxylic acids is 2. The molecule has 1 aliphatic heterocycles. The molecule has 0 saturated carbocycles. The third-order valence-electron chi connectivity index (χ3n) is 5.80. The number of nitrogens with zero attached hydrogens (tertiary/aromatic N) is 3. The van der Waals surface area contributed by atoms with E-state index < -0.39 is 35.2 Å². The SMILES string of the molecule is CCCC(C(=O)O)(C(=O)O)C(=O)c1cc(C#N)c(N2CCC(C(=O)OC(C)(C)C)CC2)nc1SC. The van der Waals surface area contributed by atoms with Gasteiger partial charge in [0.1, 0.15) is 22.5 Å². The van der Waals surface area contributed by atoms with Crippen molar-refractivity contribution in [2.24, 2.45) is 11.3 Å². The number of ether oxygens (including phenoxy) is 1. The maximum Gasteiger partial charge on any atom is 0.329 e. The zero-order valence-corrected chi connectivity index (χ0v) is 21.4. The van der Waals surface area contributed by atoms with E-state index in [1.807, 2.05) is 11.0 Å². The molecule has 0 spiro atoms. The van der Waals surface area contributed by atoms with Gasteiger partial charge in [0.05, 0.1) is 17.0 Å². The number of hydrogen-bond donors (Lipinski definition) is 2. The molecule has 1 saturated heterocycles. The quantitative estimate of drug-likeness (QED) is 0.219. The van der Waals surface area contributed by atoms with Crippen molar-refractivity contribution in [3.63, 3.8) is 0 Å². The van der Waals surface area contributed by atoms with Crippen LogP contribution < -0.4 is 4.90 Å². The Morgan fingerprint density at radius 1 is 1.20 bits per heavy atom. The van der Waals surface area contributed by atoms with E-state index in [-0.39, 0.29) is 34.5 Å². The normalized spacial score (nSPS) is 14.8. The summed E-state index contributed by atoms with van der Waals surface area (Å²) in [6.45, 7) is 7.86. The first-order valence-electron chi connectivity index (χ1n) is 11.3. The molecule has 0 bridgehead atoms. The van der Waals surface area contributed by atoms with Crippen LogP contribution in [0.1, 0.15) is 69.3 Å². The lowest BCUT2D eigenvalue weighted by atomic mass is 9.76. The summed E-state index contributed by atoms with van der Waals surface area (Å²) < 4.78 is 5.47. The van der Waals surface area contributed by atoms with Gasteiger partial charge in [-0.25, -0.2) is 4.98 Å². The average molecular weight is 506 g/mol. The summed E-state index contributed by atoms with van der Waals surface area (Å²) in [5, 5.41) is 29.3. The van der Waals surface area contributed by atoms with Gasteiger partial charge in [-0.3, -0.25) is 19.2 Å². The fraction of sp³-hybridized carbons (Fsp3) is 0.583. The number of carbonyl (C=O) groups excluding carboxylic acids is 2. The number of aromatic nitrogens is 1. The van der Waals surface area contributed by atoms with Crippen LogP contribution in [0.3, 0.4) is 0 Å². The first kappa shape index (κ1) is 28.1. The molecule has 2 heterocycles. The molecule has 10 nitrogen and oxygen atoms in total. The van der Waals surface area contributed by atoms with Gasteiger partial charge in [0.2, 0.25) is 5.41 Å². The number of carbonyl (C=O) groups is 4. The number of hydrogen-bond acceptors (Lipinski definition) is 9. The Bertz CT molecular complexity index is 1040. The molecule has 0 radical (unpaired) electrons. The molecule has 190 valence electrons. The zero-order valence-electron chi connectivity index (χ0n) is 20.6. The summed E-state index contributed by atoms with van der Waals surface area (Å²) in [5.41, 5.74) is -3.43. The van der Waals surface area contributed by atoms with Crippen molar-refractivity contribution in [3.8, 4) is 6.07 Å². The summed E-state index contributed by atoms with van der Waals surface area (Å²) in [7, 11) is 0. The van der Waals surface area contributed by atoms with E-state index in [1.54, 1.807) is 34.0 Å². The van der Waals surface area contributed by atoms with Crippen LogP contribution in [-0.2, 0) is 19.1 Å². The van der Waals surface area contributed by atoms with Crippen LogP contribution in [0.15, 0.2) is 11.1 Å². The van der Waals surface area contributed by atoms with Crippen LogP contribution in [0, 0.1) is 22.7 Å². The van der Waals surface area contributed by atoms with Gasteiger partial charge in [0.15, 0.2) is 5.78 Å². The average Bonchev–Trinajstić information content (AvgIpc) is 2.79. The monoisotopic (exact) mass is 505 g/mol. The fourth-order valence-electron chi connectivity index (χ4n) is 4.06. The van der Waals surface area contributed by atoms with E-state index in [0.717, 1.165) is 11.8 Å². The van der Waals surface area contributed by atoms with Gasteiger partial charge in [-0.2, -0.15) is 5.26 Å². The summed E-state index contributed by atoms with van der Waals surface area (Å²) in [5.74, 6) is -4.86. The molecule has 2 N–H and O–H groups in total. The maximum absolute atomic E-state index is 13.3. The predicted molar refractivity (Wildman–Crippen MR) is 128 cm³/mol. The van der Waals surface area contributed by atoms with Gasteiger partial charge in [-0.1, -0.05) is 13.3 Å². The molecule has 0 aromatic carbocycles. The summed E-state index contributed by atoms with van der Waals surface area (Å²) >= 11 is 1.06. The second-order valence-electron chi connectivity index (χ2n) is 9.42. The Kier molecular flexibility index (Phi) is 8.89. The largest absolute Gasteiger partial charge is 0.480 e. The molecule has 0 aliphatic carbocycles. The summed E-state index contributed by atoms with van der Waals surface area (Å²) in [4.78, 5) is 56.0. The molecule has 35 heavy (non-hydrogen) atoms. The third kappa shape index (κ3) is 5.93. The van der Waals surface area contributed by atoms with Crippen molar-refractivity contribution in [2.75, 3.05) is 24.2 Å². The van der Waals surface area contributed by atoms with E-state index in [0.29, 0.717) is 31.7 Å². The lowest BCUT2D eigenvalue weighted by Crippen LogP contribution is -2.46. The number of pyridine rings is 1. The van der Waals surface area contributed by atoms with Crippen molar-refractivity contribution in [1.29, 1.82) is 5.26 Å². The van der Waals surface area contributed by atoms with E-state index in [4.69, 9.17) is 4.74 Å². The van der Waals surface area contributed by atoms with Crippen molar-refractivity contribution >= 4 is 41.3 Å². The number of rotatable bonds is 9. The molecule has 1 aromatic heterocycles. The minimum absolute atomic E-state index is 0.0306. The second-order valence-corrected chi connectivity index (χ2v) is 10.2. The highest BCUT2D eigenvalue weighted by Crippen LogP contribution is 2.36. The minimum atomic E-state index is -2.67. The maximum atomic E-state index is 13.3. The zero-order chi connectivity index (χ0) is 26.6. The Hall–Kier alpha value is -3.13. The first-order chi connectivity index (χ1) is 16.3. The Morgan fingerprint density at radius 2 is 1.77 bits per heavy atom. The number of ketones is 1. The fourth-order valence-corrected chi connectivity index (χ4v) is 4.61. The van der Waals surface area contributed by atoms with Gasteiger partial charge in [0.25, 0.3) is 0 Å². The van der Waals surface area contributed by atoms with Crippen LogP contribution in [0.5, 0.6) is 0 Å². The molecule has 1 aromatic rings. The lowest BCUT2D eigenvalue weighted by molar-refractivity contribution is -0.162. The molecule has 0 atom stereocenters. The second kappa shape index (κ2) is 11.1. The van der Waals surface area contributed by atoms with Gasteiger partial charge in [-0.05, 0) is 52.4 Å².